The Bertz CT molecular complexity index is 462. The Hall–Kier alpha value is -1.17. The van der Waals surface area contributed by atoms with Crippen molar-refractivity contribution in [1.82, 2.24) is 20.0 Å². The minimum absolute atomic E-state index is 0.388. The average molecular weight is 271 g/mol. The maximum atomic E-state index is 5.30. The minimum Gasteiger partial charge on any atom is -0.409 e. The van der Waals surface area contributed by atoms with Crippen LogP contribution in [-0.2, 0) is 13.0 Å². The molecule has 0 aliphatic heterocycles. The Kier molecular flexibility index (Phi) is 2.86. The first-order valence-corrected chi connectivity index (χ1v) is 5.60. The summed E-state index contributed by atoms with van der Waals surface area (Å²) in [4.78, 5) is 0.388. The third-order valence-electron chi connectivity index (χ3n) is 2.11. The molecule has 0 bridgehead atoms. The van der Waals surface area contributed by atoms with Crippen molar-refractivity contribution in [3.8, 4) is 11.6 Å². The van der Waals surface area contributed by atoms with Gasteiger partial charge in [-0.1, -0.05) is 6.92 Å². The van der Waals surface area contributed by atoms with Crippen LogP contribution < -0.4 is 0 Å². The summed E-state index contributed by atoms with van der Waals surface area (Å²) in [6.45, 7) is 4.88. The Labute approximate surface area is 95.6 Å². The van der Waals surface area contributed by atoms with Crippen LogP contribution in [0, 0.1) is 0 Å². The summed E-state index contributed by atoms with van der Waals surface area (Å²) in [6.07, 6.45) is 0.898. The third kappa shape index (κ3) is 1.94. The maximum absolute atomic E-state index is 5.30. The molecule has 0 radical (unpaired) electrons. The van der Waals surface area contributed by atoms with Crippen molar-refractivity contribution in [2.45, 2.75) is 26.8 Å². The second-order valence-corrected chi connectivity index (χ2v) is 3.73. The summed E-state index contributed by atoms with van der Waals surface area (Å²) in [5.74, 6) is 0.496. The maximum Gasteiger partial charge on any atom is 0.285 e. The molecule has 0 aliphatic carbocycles. The summed E-state index contributed by atoms with van der Waals surface area (Å²) in [7, 11) is 0. The number of rotatable bonds is 3. The molecule has 2 heterocycles. The van der Waals surface area contributed by atoms with E-state index in [9.17, 15) is 0 Å². The first-order valence-electron chi connectivity index (χ1n) is 4.80. The van der Waals surface area contributed by atoms with E-state index in [-0.39, 0.29) is 0 Å². The molecule has 2 aromatic rings. The molecule has 0 unspecified atom stereocenters. The molecule has 15 heavy (non-hydrogen) atoms. The SMILES string of the molecule is CCc1cc(-c2nnc(Br)o2)n(CC)n1. The molecular weight excluding hydrogens is 260 g/mol. The van der Waals surface area contributed by atoms with Crippen LogP contribution >= 0.6 is 15.9 Å². The third-order valence-corrected chi connectivity index (χ3v) is 2.43. The van der Waals surface area contributed by atoms with E-state index in [1.165, 1.54) is 0 Å². The lowest BCUT2D eigenvalue weighted by molar-refractivity contribution is 0.528. The van der Waals surface area contributed by atoms with Crippen LogP contribution in [0.4, 0.5) is 0 Å². The number of halogens is 1. The van der Waals surface area contributed by atoms with Gasteiger partial charge in [0.05, 0.1) is 5.69 Å². The predicted octanol–water partition coefficient (Wildman–Crippen LogP) is 2.28. The predicted molar refractivity (Wildman–Crippen MR) is 58.3 cm³/mol. The zero-order valence-electron chi connectivity index (χ0n) is 8.57. The fourth-order valence-electron chi connectivity index (χ4n) is 1.36. The van der Waals surface area contributed by atoms with E-state index in [1.54, 1.807) is 0 Å². The summed E-state index contributed by atoms with van der Waals surface area (Å²) >= 11 is 3.13. The van der Waals surface area contributed by atoms with Crippen LogP contribution in [0.15, 0.2) is 15.3 Å². The molecule has 0 saturated heterocycles. The fraction of sp³-hybridized carbons (Fsp3) is 0.444. The van der Waals surface area contributed by atoms with Gasteiger partial charge in [-0.05, 0) is 19.4 Å². The van der Waals surface area contributed by atoms with E-state index in [2.05, 4.69) is 38.1 Å². The normalized spacial score (nSPS) is 10.9. The highest BCUT2D eigenvalue weighted by Crippen LogP contribution is 2.21. The Balaban J connectivity index is 2.46. The Morgan fingerprint density at radius 1 is 1.40 bits per heavy atom. The van der Waals surface area contributed by atoms with Gasteiger partial charge >= 0.3 is 0 Å². The van der Waals surface area contributed by atoms with Crippen molar-refractivity contribution < 1.29 is 4.42 Å². The van der Waals surface area contributed by atoms with Gasteiger partial charge in [-0.2, -0.15) is 5.10 Å². The van der Waals surface area contributed by atoms with Crippen LogP contribution in [0.5, 0.6) is 0 Å². The fourth-order valence-corrected chi connectivity index (χ4v) is 1.60. The second kappa shape index (κ2) is 4.14. The van der Waals surface area contributed by atoms with Crippen molar-refractivity contribution in [3.63, 3.8) is 0 Å². The van der Waals surface area contributed by atoms with Gasteiger partial charge in [0.1, 0.15) is 5.69 Å². The van der Waals surface area contributed by atoms with Crippen LogP contribution in [0.2, 0.25) is 0 Å². The summed E-state index contributed by atoms with van der Waals surface area (Å²) in [6, 6.07) is 1.98. The zero-order chi connectivity index (χ0) is 10.8. The monoisotopic (exact) mass is 270 g/mol. The van der Waals surface area contributed by atoms with Gasteiger partial charge < -0.3 is 4.42 Å². The highest BCUT2D eigenvalue weighted by molar-refractivity contribution is 9.10. The molecule has 80 valence electrons. The molecule has 0 aliphatic rings. The van der Waals surface area contributed by atoms with Gasteiger partial charge in [0.2, 0.25) is 0 Å². The number of aryl methyl sites for hydroxylation is 2. The van der Waals surface area contributed by atoms with Crippen LogP contribution in [0.3, 0.4) is 0 Å². The van der Waals surface area contributed by atoms with E-state index in [4.69, 9.17) is 4.42 Å². The van der Waals surface area contributed by atoms with E-state index in [0.717, 1.165) is 24.4 Å². The van der Waals surface area contributed by atoms with E-state index in [1.807, 2.05) is 17.7 Å². The molecule has 0 N–H and O–H groups in total. The molecule has 2 aromatic heterocycles. The largest absolute Gasteiger partial charge is 0.409 e. The summed E-state index contributed by atoms with van der Waals surface area (Å²) in [5, 5.41) is 12.1. The summed E-state index contributed by atoms with van der Waals surface area (Å²) in [5.41, 5.74) is 1.90. The van der Waals surface area contributed by atoms with Gasteiger partial charge in [0, 0.05) is 22.5 Å². The lowest BCUT2D eigenvalue weighted by Gasteiger charge is -1.98. The van der Waals surface area contributed by atoms with Crippen LogP contribution in [0.25, 0.3) is 11.6 Å². The minimum atomic E-state index is 0.388. The lowest BCUT2D eigenvalue weighted by Crippen LogP contribution is -1.99. The quantitative estimate of drug-likeness (QED) is 0.859. The van der Waals surface area contributed by atoms with E-state index in [0.29, 0.717) is 10.7 Å². The number of aromatic nitrogens is 4. The second-order valence-electron chi connectivity index (χ2n) is 3.05. The van der Waals surface area contributed by atoms with Crippen LogP contribution in [0.1, 0.15) is 19.5 Å². The van der Waals surface area contributed by atoms with Gasteiger partial charge in [-0.3, -0.25) is 4.68 Å². The first-order chi connectivity index (χ1) is 7.24. The Morgan fingerprint density at radius 2 is 2.20 bits per heavy atom. The van der Waals surface area contributed by atoms with E-state index < -0.39 is 0 Å². The van der Waals surface area contributed by atoms with Crippen molar-refractivity contribution in [2.24, 2.45) is 0 Å². The van der Waals surface area contributed by atoms with Gasteiger partial charge in [-0.15, -0.1) is 10.2 Å². The molecule has 6 heteroatoms. The molecule has 0 fully saturated rings. The first kappa shape index (κ1) is 10.4. The van der Waals surface area contributed by atoms with Crippen molar-refractivity contribution >= 4 is 15.9 Å². The molecule has 0 aromatic carbocycles. The smallest absolute Gasteiger partial charge is 0.285 e. The topological polar surface area (TPSA) is 56.7 Å². The van der Waals surface area contributed by atoms with Crippen LogP contribution in [-0.4, -0.2) is 20.0 Å². The highest BCUT2D eigenvalue weighted by atomic mass is 79.9. The Morgan fingerprint density at radius 3 is 2.73 bits per heavy atom. The molecule has 0 atom stereocenters. The van der Waals surface area contributed by atoms with Gasteiger partial charge in [0.15, 0.2) is 0 Å². The number of nitrogens with zero attached hydrogens (tertiary/aromatic N) is 4. The molecule has 2 rings (SSSR count). The molecule has 0 saturated carbocycles. The lowest BCUT2D eigenvalue weighted by atomic mass is 10.3. The highest BCUT2D eigenvalue weighted by Gasteiger charge is 2.13. The molecule has 0 spiro atoms. The standard InChI is InChI=1S/C9H11BrN4O/c1-3-6-5-7(14(4-2)13-6)8-11-12-9(10)15-8/h5H,3-4H2,1-2H3. The molecule has 0 amide bonds. The van der Waals surface area contributed by atoms with Gasteiger partial charge in [0.25, 0.3) is 10.7 Å². The van der Waals surface area contributed by atoms with Crippen molar-refractivity contribution in [1.29, 1.82) is 0 Å². The average Bonchev–Trinajstić information content (AvgIpc) is 2.82. The van der Waals surface area contributed by atoms with Crippen molar-refractivity contribution in [2.75, 3.05) is 0 Å². The van der Waals surface area contributed by atoms with E-state index >= 15 is 0 Å². The molecular formula is C9H11BrN4O. The summed E-state index contributed by atoms with van der Waals surface area (Å²) < 4.78 is 7.16. The molecule has 5 nitrogen and oxygen atoms in total. The number of hydrogen-bond acceptors (Lipinski definition) is 4. The zero-order valence-corrected chi connectivity index (χ0v) is 10.2. The van der Waals surface area contributed by atoms with Crippen molar-refractivity contribution in [3.05, 3.63) is 16.6 Å². The van der Waals surface area contributed by atoms with Gasteiger partial charge in [-0.25, -0.2) is 0 Å². The number of hydrogen-bond donors (Lipinski definition) is 0.